The molecule has 1 saturated heterocycles. The molecule has 3 aromatic rings. The normalized spacial score (nSPS) is 26.2. The fourth-order valence-electron chi connectivity index (χ4n) is 6.41. The lowest BCUT2D eigenvalue weighted by molar-refractivity contribution is 0.301. The average molecular weight is 480 g/mol. The van der Waals surface area contributed by atoms with E-state index in [1.54, 1.807) is 12.1 Å². The van der Waals surface area contributed by atoms with Crippen molar-refractivity contribution in [3.05, 3.63) is 48.2 Å². The van der Waals surface area contributed by atoms with Crippen molar-refractivity contribution in [2.45, 2.75) is 67.8 Å². The van der Waals surface area contributed by atoms with Crippen LogP contribution in [0.1, 0.15) is 50.5 Å². The van der Waals surface area contributed by atoms with E-state index < -0.39 is 9.84 Å². The van der Waals surface area contributed by atoms with E-state index in [4.69, 9.17) is 0 Å². The minimum Gasteiger partial charge on any atom is -0.366 e. The average Bonchev–Trinajstić information content (AvgIpc) is 3.55. The number of hydrogen-bond acceptors (Lipinski definition) is 6. The number of aromatic nitrogens is 3. The van der Waals surface area contributed by atoms with Crippen molar-refractivity contribution in [3.63, 3.8) is 0 Å². The maximum atomic E-state index is 12.9. The molecule has 2 saturated carbocycles. The summed E-state index contributed by atoms with van der Waals surface area (Å²) >= 11 is 0. The molecule has 180 valence electrons. The van der Waals surface area contributed by atoms with Crippen molar-refractivity contribution in [1.29, 1.82) is 0 Å². The van der Waals surface area contributed by atoms with Gasteiger partial charge in [0, 0.05) is 37.4 Å². The van der Waals surface area contributed by atoms with Crippen molar-refractivity contribution in [2.75, 3.05) is 18.4 Å². The quantitative estimate of drug-likeness (QED) is 0.545. The fraction of sp³-hybridized carbons (Fsp3) is 0.538. The first-order valence-corrected chi connectivity index (χ1v) is 14.2. The third-order valence-corrected chi connectivity index (χ3v) is 10.3. The summed E-state index contributed by atoms with van der Waals surface area (Å²) in [5.41, 5.74) is 2.57. The van der Waals surface area contributed by atoms with E-state index in [1.165, 1.54) is 16.5 Å². The summed E-state index contributed by atoms with van der Waals surface area (Å²) in [6, 6.07) is 12.6. The monoisotopic (exact) mass is 479 g/mol. The standard InChI is InChI=1S/C26H33N5O2S/c32-34(33,23-4-2-1-3-5-23)26-9-8-25(29-30-26)28-22-13-20-16-31(17-21(20)14-22)15-18-6-7-24-19(12-18)10-11-27-24/h6-12,20-23,27H,1-5,13-17H2,(H,28,29)/t20-,21?,22?/m1/s1. The Balaban J connectivity index is 1.03. The second-order valence-electron chi connectivity index (χ2n) is 10.5. The van der Waals surface area contributed by atoms with Gasteiger partial charge in [-0.1, -0.05) is 25.3 Å². The van der Waals surface area contributed by atoms with Gasteiger partial charge in [0.15, 0.2) is 14.9 Å². The number of benzene rings is 1. The Morgan fingerprint density at radius 1 is 0.971 bits per heavy atom. The Morgan fingerprint density at radius 2 is 1.76 bits per heavy atom. The van der Waals surface area contributed by atoms with Gasteiger partial charge in [0.25, 0.3) is 0 Å². The van der Waals surface area contributed by atoms with E-state index in [2.05, 4.69) is 49.7 Å². The van der Waals surface area contributed by atoms with Gasteiger partial charge in [-0.15, -0.1) is 10.2 Å². The maximum Gasteiger partial charge on any atom is 0.200 e. The van der Waals surface area contributed by atoms with Crippen molar-refractivity contribution >= 4 is 26.6 Å². The number of sulfone groups is 1. The van der Waals surface area contributed by atoms with Crippen LogP contribution < -0.4 is 5.32 Å². The number of hydrogen-bond donors (Lipinski definition) is 2. The zero-order valence-electron chi connectivity index (χ0n) is 19.5. The molecule has 34 heavy (non-hydrogen) atoms. The van der Waals surface area contributed by atoms with Gasteiger partial charge in [0.1, 0.15) is 5.82 Å². The van der Waals surface area contributed by atoms with Crippen molar-refractivity contribution in [3.8, 4) is 0 Å². The number of anilines is 1. The third kappa shape index (κ3) is 4.33. The van der Waals surface area contributed by atoms with Gasteiger partial charge < -0.3 is 10.3 Å². The summed E-state index contributed by atoms with van der Waals surface area (Å²) in [5.74, 6) is 2.09. The Kier molecular flexibility index (Phi) is 5.81. The molecule has 0 amide bonds. The molecule has 3 heterocycles. The molecule has 3 atom stereocenters. The van der Waals surface area contributed by atoms with E-state index in [-0.39, 0.29) is 10.3 Å². The Hall–Kier alpha value is -2.45. The Bertz CT molecular complexity index is 1240. The minimum absolute atomic E-state index is 0.127. The molecular weight excluding hydrogens is 446 g/mol. The van der Waals surface area contributed by atoms with Crippen LogP contribution in [0.5, 0.6) is 0 Å². The summed E-state index contributed by atoms with van der Waals surface area (Å²) in [5, 5.41) is 13.0. The number of H-pyrrole nitrogens is 1. The number of likely N-dealkylation sites (tertiary alicyclic amines) is 1. The van der Waals surface area contributed by atoms with E-state index in [0.29, 0.717) is 23.7 Å². The lowest BCUT2D eigenvalue weighted by Gasteiger charge is -2.21. The predicted molar refractivity (Wildman–Crippen MR) is 133 cm³/mol. The highest BCUT2D eigenvalue weighted by Gasteiger charge is 2.41. The lowest BCUT2D eigenvalue weighted by Crippen LogP contribution is -2.26. The summed E-state index contributed by atoms with van der Waals surface area (Å²) in [6.45, 7) is 3.28. The van der Waals surface area contributed by atoms with Gasteiger partial charge in [0.05, 0.1) is 5.25 Å². The summed E-state index contributed by atoms with van der Waals surface area (Å²) < 4.78 is 25.7. The molecule has 1 aliphatic heterocycles. The van der Waals surface area contributed by atoms with Crippen LogP contribution in [0.25, 0.3) is 10.9 Å². The van der Waals surface area contributed by atoms with Crippen LogP contribution in [0, 0.1) is 11.8 Å². The van der Waals surface area contributed by atoms with Crippen molar-refractivity contribution < 1.29 is 8.42 Å². The molecule has 6 rings (SSSR count). The van der Waals surface area contributed by atoms with Crippen LogP contribution in [0.2, 0.25) is 0 Å². The van der Waals surface area contributed by atoms with Crippen LogP contribution in [0.15, 0.2) is 47.6 Å². The van der Waals surface area contributed by atoms with Crippen LogP contribution in [0.4, 0.5) is 5.82 Å². The Labute approximate surface area is 201 Å². The molecule has 3 fully saturated rings. The summed E-state index contributed by atoms with van der Waals surface area (Å²) in [7, 11) is -3.37. The highest BCUT2D eigenvalue weighted by Crippen LogP contribution is 2.39. The third-order valence-electron chi connectivity index (χ3n) is 8.13. The topological polar surface area (TPSA) is 91.0 Å². The highest BCUT2D eigenvalue weighted by molar-refractivity contribution is 7.92. The number of rotatable bonds is 6. The van der Waals surface area contributed by atoms with Gasteiger partial charge in [-0.25, -0.2) is 8.42 Å². The molecule has 8 heteroatoms. The molecule has 2 N–H and O–H groups in total. The predicted octanol–water partition coefficient (Wildman–Crippen LogP) is 4.39. The van der Waals surface area contributed by atoms with Crippen molar-refractivity contribution in [2.24, 2.45) is 11.8 Å². The smallest absolute Gasteiger partial charge is 0.200 e. The highest BCUT2D eigenvalue weighted by atomic mass is 32.2. The zero-order valence-corrected chi connectivity index (χ0v) is 20.3. The van der Waals surface area contributed by atoms with Crippen molar-refractivity contribution in [1.82, 2.24) is 20.1 Å². The number of fused-ring (bicyclic) bond motifs is 2. The number of aromatic amines is 1. The van der Waals surface area contributed by atoms with E-state index >= 15 is 0 Å². The van der Waals surface area contributed by atoms with Crippen LogP contribution in [-0.2, 0) is 16.4 Å². The molecule has 0 bridgehead atoms. The first-order chi connectivity index (χ1) is 16.5. The molecule has 3 aliphatic rings. The van der Waals surface area contributed by atoms with E-state index in [9.17, 15) is 8.42 Å². The molecule has 1 aromatic carbocycles. The number of nitrogens with one attached hydrogen (secondary N) is 2. The Morgan fingerprint density at radius 3 is 2.50 bits per heavy atom. The van der Waals surface area contributed by atoms with Crippen LogP contribution in [-0.4, -0.2) is 52.9 Å². The van der Waals surface area contributed by atoms with Crippen LogP contribution >= 0.6 is 0 Å². The van der Waals surface area contributed by atoms with Gasteiger partial charge in [-0.3, -0.25) is 4.90 Å². The first-order valence-electron chi connectivity index (χ1n) is 12.7. The fourth-order valence-corrected chi connectivity index (χ4v) is 8.12. The molecule has 7 nitrogen and oxygen atoms in total. The second kappa shape index (κ2) is 8.96. The lowest BCUT2D eigenvalue weighted by atomic mass is 10.0. The van der Waals surface area contributed by atoms with Crippen LogP contribution in [0.3, 0.4) is 0 Å². The molecule has 2 aromatic heterocycles. The van der Waals surface area contributed by atoms with Gasteiger partial charge in [-0.05, 0) is 78.8 Å². The van der Waals surface area contributed by atoms with Gasteiger partial charge in [0.2, 0.25) is 0 Å². The largest absolute Gasteiger partial charge is 0.366 e. The molecule has 2 unspecified atom stereocenters. The molecule has 0 radical (unpaired) electrons. The second-order valence-corrected chi connectivity index (χ2v) is 12.7. The zero-order chi connectivity index (χ0) is 23.1. The summed E-state index contributed by atoms with van der Waals surface area (Å²) in [6.07, 6.45) is 8.84. The maximum absolute atomic E-state index is 12.9. The minimum atomic E-state index is -3.37. The number of nitrogens with zero attached hydrogens (tertiary/aromatic N) is 3. The van der Waals surface area contributed by atoms with E-state index in [0.717, 1.165) is 64.6 Å². The SMILES string of the molecule is O=S(=O)(c1ccc(NC2CC3CN(Cc4ccc5[nH]ccc5c4)C[C@H]3C2)nn1)C1CCCCC1. The molecular formula is C26H33N5O2S. The molecule has 0 spiro atoms. The van der Waals surface area contributed by atoms with Gasteiger partial charge >= 0.3 is 0 Å². The molecule has 2 aliphatic carbocycles. The first kappa shape index (κ1) is 22.0. The summed E-state index contributed by atoms with van der Waals surface area (Å²) in [4.78, 5) is 5.85. The van der Waals surface area contributed by atoms with E-state index in [1.807, 2.05) is 6.20 Å². The van der Waals surface area contributed by atoms with Gasteiger partial charge in [-0.2, -0.15) is 0 Å².